The molecule has 2 aromatic rings. The van der Waals surface area contributed by atoms with Crippen LogP contribution in [-0.2, 0) is 6.42 Å². The summed E-state index contributed by atoms with van der Waals surface area (Å²) >= 11 is 0. The fourth-order valence-corrected chi connectivity index (χ4v) is 2.01. The summed E-state index contributed by atoms with van der Waals surface area (Å²) in [4.78, 5) is 22.7. The van der Waals surface area contributed by atoms with Crippen molar-refractivity contribution in [2.24, 2.45) is 0 Å². The van der Waals surface area contributed by atoms with Gasteiger partial charge in [0.2, 0.25) is 17.8 Å². The first-order chi connectivity index (χ1) is 10.4. The van der Waals surface area contributed by atoms with Gasteiger partial charge in [0.15, 0.2) is 0 Å². The van der Waals surface area contributed by atoms with Crippen LogP contribution in [0.1, 0.15) is 11.4 Å². The van der Waals surface area contributed by atoms with Crippen molar-refractivity contribution in [2.75, 3.05) is 56.5 Å². The molecule has 7 heteroatoms. The second-order valence-corrected chi connectivity index (χ2v) is 5.86. The van der Waals surface area contributed by atoms with E-state index in [9.17, 15) is 0 Å². The molecule has 0 amide bonds. The van der Waals surface area contributed by atoms with E-state index in [2.05, 4.69) is 43.9 Å². The Balaban J connectivity index is 2.15. The summed E-state index contributed by atoms with van der Waals surface area (Å²) < 4.78 is 0. The number of nitrogens with one attached hydrogen (secondary N) is 1. The average molecular weight is 303 g/mol. The topological polar surface area (TPSA) is 64.2 Å². The zero-order valence-corrected chi connectivity index (χ0v) is 14.3. The number of hydrogen-bond acceptors (Lipinski definition) is 6. The molecule has 0 unspecified atom stereocenters. The first kappa shape index (κ1) is 16.1. The summed E-state index contributed by atoms with van der Waals surface area (Å²) in [6, 6.07) is 4.21. The molecule has 0 spiro atoms. The molecule has 0 bridgehead atoms. The van der Waals surface area contributed by atoms with Crippen molar-refractivity contribution < 1.29 is 0 Å². The van der Waals surface area contributed by atoms with Crippen LogP contribution in [0.5, 0.6) is 0 Å². The van der Waals surface area contributed by atoms with E-state index in [0.717, 1.165) is 13.0 Å². The zero-order chi connectivity index (χ0) is 16.3. The minimum atomic E-state index is 0.663. The standard InChI is InChI=1S/C15H25N7/c1-11-7-8-12(16-11)9-10-22(6)15-18-13(20(2)3)17-14(19-15)21(4)5/h7-8,16H,9-10H2,1-6H3. The van der Waals surface area contributed by atoms with E-state index in [1.165, 1.54) is 11.4 Å². The molecule has 2 rings (SSSR count). The summed E-state index contributed by atoms with van der Waals surface area (Å²) in [6.45, 7) is 2.90. The first-order valence-electron chi connectivity index (χ1n) is 7.33. The third-order valence-electron chi connectivity index (χ3n) is 3.35. The summed E-state index contributed by atoms with van der Waals surface area (Å²) in [5.41, 5.74) is 2.40. The van der Waals surface area contributed by atoms with Crippen molar-refractivity contribution in [1.29, 1.82) is 0 Å². The summed E-state index contributed by atoms with van der Waals surface area (Å²) in [5, 5.41) is 0. The molecular formula is C15H25N7. The monoisotopic (exact) mass is 303 g/mol. The number of anilines is 3. The summed E-state index contributed by atoms with van der Waals surface area (Å²) in [7, 11) is 9.73. The van der Waals surface area contributed by atoms with E-state index in [1.54, 1.807) is 0 Å². The number of hydrogen-bond donors (Lipinski definition) is 1. The smallest absolute Gasteiger partial charge is 0.231 e. The van der Waals surface area contributed by atoms with Gasteiger partial charge in [0.25, 0.3) is 0 Å². The van der Waals surface area contributed by atoms with Crippen LogP contribution in [0, 0.1) is 6.92 Å². The second-order valence-electron chi connectivity index (χ2n) is 5.86. The van der Waals surface area contributed by atoms with Gasteiger partial charge in [-0.3, -0.25) is 0 Å². The molecule has 22 heavy (non-hydrogen) atoms. The van der Waals surface area contributed by atoms with Gasteiger partial charge in [-0.15, -0.1) is 0 Å². The molecule has 0 aliphatic rings. The molecule has 0 aliphatic heterocycles. The predicted molar refractivity (Wildman–Crippen MR) is 91.0 cm³/mol. The van der Waals surface area contributed by atoms with Gasteiger partial charge in [-0.2, -0.15) is 15.0 Å². The lowest BCUT2D eigenvalue weighted by Gasteiger charge is -2.21. The zero-order valence-electron chi connectivity index (χ0n) is 14.3. The Morgan fingerprint density at radius 3 is 1.86 bits per heavy atom. The van der Waals surface area contributed by atoms with Crippen molar-refractivity contribution in [3.63, 3.8) is 0 Å². The summed E-state index contributed by atoms with van der Waals surface area (Å²) in [5.74, 6) is 2.01. The Hall–Kier alpha value is -2.31. The number of nitrogens with zero attached hydrogens (tertiary/aromatic N) is 6. The fourth-order valence-electron chi connectivity index (χ4n) is 2.01. The maximum Gasteiger partial charge on any atom is 0.231 e. The lowest BCUT2D eigenvalue weighted by molar-refractivity contribution is 0.805. The average Bonchev–Trinajstić information content (AvgIpc) is 2.89. The van der Waals surface area contributed by atoms with Gasteiger partial charge in [0.05, 0.1) is 0 Å². The van der Waals surface area contributed by atoms with Crippen molar-refractivity contribution in [2.45, 2.75) is 13.3 Å². The highest BCUT2D eigenvalue weighted by Gasteiger charge is 2.13. The van der Waals surface area contributed by atoms with Gasteiger partial charge in [-0.05, 0) is 19.1 Å². The minimum absolute atomic E-state index is 0.663. The number of H-pyrrole nitrogens is 1. The molecule has 120 valence electrons. The van der Waals surface area contributed by atoms with E-state index in [1.807, 2.05) is 45.0 Å². The lowest BCUT2D eigenvalue weighted by Crippen LogP contribution is -2.26. The third kappa shape index (κ3) is 3.87. The van der Waals surface area contributed by atoms with Gasteiger partial charge in [-0.1, -0.05) is 0 Å². The van der Waals surface area contributed by atoms with Crippen LogP contribution in [0.3, 0.4) is 0 Å². The van der Waals surface area contributed by atoms with E-state index in [0.29, 0.717) is 17.8 Å². The highest BCUT2D eigenvalue weighted by molar-refractivity contribution is 5.44. The molecular weight excluding hydrogens is 278 g/mol. The lowest BCUT2D eigenvalue weighted by atomic mass is 10.3. The van der Waals surface area contributed by atoms with Crippen LogP contribution in [0.25, 0.3) is 0 Å². The minimum Gasteiger partial charge on any atom is -0.362 e. The Kier molecular flexibility index (Phi) is 4.85. The van der Waals surface area contributed by atoms with Gasteiger partial charge in [0, 0.05) is 59.6 Å². The van der Waals surface area contributed by atoms with Gasteiger partial charge in [0.1, 0.15) is 0 Å². The number of aromatic nitrogens is 4. The van der Waals surface area contributed by atoms with Crippen LogP contribution in [0.2, 0.25) is 0 Å². The Labute approximate surface area is 132 Å². The highest BCUT2D eigenvalue weighted by Crippen LogP contribution is 2.16. The Morgan fingerprint density at radius 2 is 1.41 bits per heavy atom. The molecule has 7 nitrogen and oxygen atoms in total. The van der Waals surface area contributed by atoms with Crippen molar-refractivity contribution in [3.8, 4) is 0 Å². The Morgan fingerprint density at radius 1 is 0.864 bits per heavy atom. The molecule has 0 aromatic carbocycles. The first-order valence-corrected chi connectivity index (χ1v) is 7.33. The van der Waals surface area contributed by atoms with E-state index in [-0.39, 0.29) is 0 Å². The SMILES string of the molecule is Cc1ccc(CCN(C)c2nc(N(C)C)nc(N(C)C)n2)[nH]1. The van der Waals surface area contributed by atoms with Gasteiger partial charge >= 0.3 is 0 Å². The van der Waals surface area contributed by atoms with Gasteiger partial charge in [-0.25, -0.2) is 0 Å². The van der Waals surface area contributed by atoms with E-state index < -0.39 is 0 Å². The van der Waals surface area contributed by atoms with Crippen LogP contribution in [-0.4, -0.2) is 61.7 Å². The quantitative estimate of drug-likeness (QED) is 0.868. The molecule has 2 heterocycles. The second kappa shape index (κ2) is 6.64. The number of aromatic amines is 1. The van der Waals surface area contributed by atoms with Crippen LogP contribution in [0.4, 0.5) is 17.8 Å². The number of likely N-dealkylation sites (N-methyl/N-ethyl adjacent to an activating group) is 1. The normalized spacial score (nSPS) is 10.6. The maximum atomic E-state index is 4.53. The molecule has 0 saturated carbocycles. The van der Waals surface area contributed by atoms with Crippen molar-refractivity contribution >= 4 is 17.8 Å². The third-order valence-corrected chi connectivity index (χ3v) is 3.35. The molecule has 1 N–H and O–H groups in total. The summed E-state index contributed by atoms with van der Waals surface area (Å²) in [6.07, 6.45) is 0.921. The van der Waals surface area contributed by atoms with E-state index in [4.69, 9.17) is 0 Å². The highest BCUT2D eigenvalue weighted by atomic mass is 15.4. The molecule has 0 saturated heterocycles. The fraction of sp³-hybridized carbons (Fsp3) is 0.533. The molecule has 0 fully saturated rings. The number of rotatable bonds is 6. The molecule has 0 aliphatic carbocycles. The van der Waals surface area contributed by atoms with Crippen LogP contribution >= 0.6 is 0 Å². The Bertz CT molecular complexity index is 592. The molecule has 0 atom stereocenters. The van der Waals surface area contributed by atoms with Crippen molar-refractivity contribution in [3.05, 3.63) is 23.5 Å². The predicted octanol–water partition coefficient (Wildman–Crippen LogP) is 1.32. The maximum absolute atomic E-state index is 4.53. The van der Waals surface area contributed by atoms with Crippen LogP contribution in [0.15, 0.2) is 12.1 Å². The van der Waals surface area contributed by atoms with Crippen molar-refractivity contribution in [1.82, 2.24) is 19.9 Å². The molecule has 2 aromatic heterocycles. The molecule has 0 radical (unpaired) electrons. The number of aryl methyl sites for hydroxylation is 1. The largest absolute Gasteiger partial charge is 0.362 e. The van der Waals surface area contributed by atoms with Crippen LogP contribution < -0.4 is 14.7 Å². The van der Waals surface area contributed by atoms with E-state index >= 15 is 0 Å². The van der Waals surface area contributed by atoms with Gasteiger partial charge < -0.3 is 19.7 Å².